The van der Waals surface area contributed by atoms with Gasteiger partial charge in [0.1, 0.15) is 5.56 Å². The first-order valence-electron chi connectivity index (χ1n) is 3.78. The summed E-state index contributed by atoms with van der Waals surface area (Å²) in [6.07, 6.45) is 0. The number of carbonyl (C=O) groups is 1. The quantitative estimate of drug-likeness (QED) is 0.532. The zero-order chi connectivity index (χ0) is 9.84. The molecule has 0 radical (unpaired) electrons. The van der Waals surface area contributed by atoms with Crippen molar-refractivity contribution in [3.63, 3.8) is 0 Å². The highest BCUT2D eigenvalue weighted by atomic mass is 16.5. The number of ether oxygens (including phenoxy) is 1. The average molecular weight is 181 g/mol. The number of phenols is 1. The van der Waals surface area contributed by atoms with Crippen LogP contribution in [-0.2, 0) is 4.74 Å². The molecule has 0 saturated carbocycles. The summed E-state index contributed by atoms with van der Waals surface area (Å²) in [5.41, 5.74) is 0.664. The van der Waals surface area contributed by atoms with E-state index in [2.05, 4.69) is 10.1 Å². The van der Waals surface area contributed by atoms with Crippen molar-refractivity contribution in [1.82, 2.24) is 0 Å². The molecule has 0 aromatic heterocycles. The number of hydrogen-bond donors (Lipinski definition) is 2. The summed E-state index contributed by atoms with van der Waals surface area (Å²) in [5, 5.41) is 12.3. The summed E-state index contributed by atoms with van der Waals surface area (Å²) in [6.45, 7) is 0. The van der Waals surface area contributed by atoms with Gasteiger partial charge in [-0.05, 0) is 12.1 Å². The molecule has 0 aliphatic rings. The summed E-state index contributed by atoms with van der Waals surface area (Å²) in [4.78, 5) is 11.1. The minimum absolute atomic E-state index is 0.0862. The van der Waals surface area contributed by atoms with Gasteiger partial charge in [-0.3, -0.25) is 0 Å². The fraction of sp³-hybridized carbons (Fsp3) is 0.222. The van der Waals surface area contributed by atoms with Crippen LogP contribution in [0.4, 0.5) is 5.69 Å². The Kier molecular flexibility index (Phi) is 2.74. The molecular formula is C9H11NO3. The molecular weight excluding hydrogens is 170 g/mol. The van der Waals surface area contributed by atoms with Gasteiger partial charge in [0, 0.05) is 7.05 Å². The molecule has 0 heterocycles. The molecule has 4 heteroatoms. The van der Waals surface area contributed by atoms with Crippen LogP contribution in [0.2, 0.25) is 0 Å². The molecule has 0 saturated heterocycles. The molecule has 70 valence electrons. The van der Waals surface area contributed by atoms with E-state index in [1.165, 1.54) is 13.2 Å². The van der Waals surface area contributed by atoms with Crippen molar-refractivity contribution in [3.05, 3.63) is 23.8 Å². The molecule has 0 fully saturated rings. The van der Waals surface area contributed by atoms with Crippen molar-refractivity contribution in [2.45, 2.75) is 0 Å². The van der Waals surface area contributed by atoms with Crippen molar-refractivity contribution in [2.75, 3.05) is 19.5 Å². The topological polar surface area (TPSA) is 58.6 Å². The Morgan fingerprint density at radius 3 is 2.77 bits per heavy atom. The lowest BCUT2D eigenvalue weighted by atomic mass is 10.2. The lowest BCUT2D eigenvalue weighted by Gasteiger charge is -2.06. The SMILES string of the molecule is CNc1cccc(C(=O)OC)c1O. The Hall–Kier alpha value is -1.71. The Balaban J connectivity index is 3.15. The Morgan fingerprint density at radius 2 is 2.23 bits per heavy atom. The van der Waals surface area contributed by atoms with E-state index in [-0.39, 0.29) is 11.3 Å². The second-order valence-electron chi connectivity index (χ2n) is 2.44. The maximum atomic E-state index is 11.1. The van der Waals surface area contributed by atoms with Crippen LogP contribution in [0.3, 0.4) is 0 Å². The molecule has 0 bridgehead atoms. The molecule has 0 atom stereocenters. The number of anilines is 1. The summed E-state index contributed by atoms with van der Waals surface area (Å²) in [7, 11) is 2.93. The normalized spacial score (nSPS) is 9.38. The molecule has 2 N–H and O–H groups in total. The van der Waals surface area contributed by atoms with Crippen molar-refractivity contribution in [1.29, 1.82) is 0 Å². The summed E-state index contributed by atoms with van der Waals surface area (Å²) < 4.78 is 4.49. The average Bonchev–Trinajstić information content (AvgIpc) is 2.17. The van der Waals surface area contributed by atoms with E-state index in [0.717, 1.165) is 0 Å². The second-order valence-corrected chi connectivity index (χ2v) is 2.44. The van der Waals surface area contributed by atoms with Crippen LogP contribution in [0.5, 0.6) is 5.75 Å². The van der Waals surface area contributed by atoms with Crippen molar-refractivity contribution in [3.8, 4) is 5.75 Å². The predicted molar refractivity (Wildman–Crippen MR) is 49.0 cm³/mol. The van der Waals surface area contributed by atoms with Gasteiger partial charge in [-0.1, -0.05) is 6.07 Å². The molecule has 1 aromatic carbocycles. The van der Waals surface area contributed by atoms with E-state index in [1.54, 1.807) is 19.2 Å². The van der Waals surface area contributed by atoms with Crippen LogP contribution in [-0.4, -0.2) is 25.2 Å². The van der Waals surface area contributed by atoms with Crippen LogP contribution in [0.15, 0.2) is 18.2 Å². The molecule has 1 aromatic rings. The second kappa shape index (κ2) is 3.80. The van der Waals surface area contributed by atoms with Gasteiger partial charge in [0.05, 0.1) is 12.8 Å². The van der Waals surface area contributed by atoms with E-state index in [0.29, 0.717) is 5.69 Å². The predicted octanol–water partition coefficient (Wildman–Crippen LogP) is 1.22. The molecule has 13 heavy (non-hydrogen) atoms. The molecule has 1 rings (SSSR count). The number of hydrogen-bond acceptors (Lipinski definition) is 4. The van der Waals surface area contributed by atoms with E-state index >= 15 is 0 Å². The van der Waals surface area contributed by atoms with Gasteiger partial charge in [0.15, 0.2) is 5.75 Å². The van der Waals surface area contributed by atoms with Crippen LogP contribution >= 0.6 is 0 Å². The van der Waals surface area contributed by atoms with Crippen LogP contribution < -0.4 is 5.32 Å². The van der Waals surface area contributed by atoms with Gasteiger partial charge in [-0.2, -0.15) is 0 Å². The first kappa shape index (κ1) is 9.38. The molecule has 0 amide bonds. The lowest BCUT2D eigenvalue weighted by Crippen LogP contribution is -2.02. The summed E-state index contributed by atoms with van der Waals surface area (Å²) in [5.74, 6) is -0.633. The number of methoxy groups -OCH3 is 1. The number of phenolic OH excluding ortho intramolecular Hbond substituents is 1. The van der Waals surface area contributed by atoms with Crippen molar-refractivity contribution < 1.29 is 14.6 Å². The summed E-state index contributed by atoms with van der Waals surface area (Å²) in [6, 6.07) is 4.83. The largest absolute Gasteiger partial charge is 0.505 e. The standard InChI is InChI=1S/C9H11NO3/c1-10-7-5-3-4-6(8(7)11)9(12)13-2/h3-5,10-11H,1-2H3. The van der Waals surface area contributed by atoms with Gasteiger partial charge < -0.3 is 15.2 Å². The van der Waals surface area contributed by atoms with Crippen LogP contribution in [0, 0.1) is 0 Å². The highest BCUT2D eigenvalue weighted by molar-refractivity contribution is 5.94. The fourth-order valence-electron chi connectivity index (χ4n) is 1.02. The minimum Gasteiger partial charge on any atom is -0.505 e. The maximum Gasteiger partial charge on any atom is 0.341 e. The number of carbonyl (C=O) groups excluding carboxylic acids is 1. The minimum atomic E-state index is -0.547. The zero-order valence-electron chi connectivity index (χ0n) is 7.50. The third-order valence-corrected chi connectivity index (χ3v) is 1.71. The Labute approximate surface area is 76.1 Å². The van der Waals surface area contributed by atoms with E-state index in [9.17, 15) is 9.90 Å². The smallest absolute Gasteiger partial charge is 0.341 e. The number of rotatable bonds is 2. The number of benzene rings is 1. The number of nitrogens with one attached hydrogen (secondary N) is 1. The van der Waals surface area contributed by atoms with Gasteiger partial charge in [0.2, 0.25) is 0 Å². The molecule has 0 unspecified atom stereocenters. The summed E-state index contributed by atoms with van der Waals surface area (Å²) >= 11 is 0. The first-order chi connectivity index (χ1) is 6.20. The molecule has 0 aliphatic carbocycles. The number of aromatic hydroxyl groups is 1. The Bertz CT molecular complexity index is 323. The lowest BCUT2D eigenvalue weighted by molar-refractivity contribution is 0.0597. The zero-order valence-corrected chi connectivity index (χ0v) is 7.50. The third kappa shape index (κ3) is 1.72. The monoisotopic (exact) mass is 181 g/mol. The highest BCUT2D eigenvalue weighted by Gasteiger charge is 2.13. The maximum absolute atomic E-state index is 11.1. The van der Waals surface area contributed by atoms with E-state index in [4.69, 9.17) is 0 Å². The fourth-order valence-corrected chi connectivity index (χ4v) is 1.02. The Morgan fingerprint density at radius 1 is 1.54 bits per heavy atom. The molecule has 0 spiro atoms. The first-order valence-corrected chi connectivity index (χ1v) is 3.78. The molecule has 4 nitrogen and oxygen atoms in total. The van der Waals surface area contributed by atoms with Crippen molar-refractivity contribution in [2.24, 2.45) is 0 Å². The number of para-hydroxylation sites is 1. The van der Waals surface area contributed by atoms with Gasteiger partial charge in [-0.25, -0.2) is 4.79 Å². The molecule has 0 aliphatic heterocycles. The highest BCUT2D eigenvalue weighted by Crippen LogP contribution is 2.27. The van der Waals surface area contributed by atoms with Gasteiger partial charge >= 0.3 is 5.97 Å². The van der Waals surface area contributed by atoms with E-state index < -0.39 is 5.97 Å². The third-order valence-electron chi connectivity index (χ3n) is 1.71. The van der Waals surface area contributed by atoms with Gasteiger partial charge in [-0.15, -0.1) is 0 Å². The van der Waals surface area contributed by atoms with Gasteiger partial charge in [0.25, 0.3) is 0 Å². The number of esters is 1. The van der Waals surface area contributed by atoms with Crippen molar-refractivity contribution >= 4 is 11.7 Å². The van der Waals surface area contributed by atoms with Crippen LogP contribution in [0.1, 0.15) is 10.4 Å². The van der Waals surface area contributed by atoms with Crippen LogP contribution in [0.25, 0.3) is 0 Å². The van der Waals surface area contributed by atoms with E-state index in [1.807, 2.05) is 0 Å².